The summed E-state index contributed by atoms with van der Waals surface area (Å²) in [6, 6.07) is 6.35. The average Bonchev–Trinajstić information content (AvgIpc) is 2.85. The molecule has 2 rings (SSSR count). The molecule has 0 aliphatic heterocycles. The molecule has 4 nitrogen and oxygen atoms in total. The number of nitrogens with zero attached hydrogens (tertiary/aromatic N) is 3. The van der Waals surface area contributed by atoms with Gasteiger partial charge in [0.05, 0.1) is 0 Å². The highest BCUT2D eigenvalue weighted by Crippen LogP contribution is 2.26. The standard InChI is InChI=1S/C15H21ClN4/c1-4-17-14(9-15-18-10-19-20(15)5-2)12-7-6-11(3)8-13(12)16/h6-8,10,14,17H,4-5,9H2,1-3H3. The summed E-state index contributed by atoms with van der Waals surface area (Å²) in [4.78, 5) is 4.35. The fourth-order valence-corrected chi connectivity index (χ4v) is 2.71. The van der Waals surface area contributed by atoms with Crippen molar-refractivity contribution in [2.24, 2.45) is 0 Å². The van der Waals surface area contributed by atoms with Crippen LogP contribution in [0.3, 0.4) is 0 Å². The first-order valence-electron chi connectivity index (χ1n) is 7.01. The molecule has 0 spiro atoms. The Morgan fingerprint density at radius 1 is 1.35 bits per heavy atom. The molecule has 1 unspecified atom stereocenters. The predicted molar refractivity (Wildman–Crippen MR) is 82.0 cm³/mol. The van der Waals surface area contributed by atoms with Crippen LogP contribution in [0.5, 0.6) is 0 Å². The second-order valence-electron chi connectivity index (χ2n) is 4.83. The van der Waals surface area contributed by atoms with E-state index < -0.39 is 0 Å². The highest BCUT2D eigenvalue weighted by molar-refractivity contribution is 6.31. The number of hydrogen-bond acceptors (Lipinski definition) is 3. The van der Waals surface area contributed by atoms with E-state index in [1.807, 2.05) is 17.7 Å². The van der Waals surface area contributed by atoms with Crippen LogP contribution in [-0.2, 0) is 13.0 Å². The normalized spacial score (nSPS) is 12.6. The summed E-state index contributed by atoms with van der Waals surface area (Å²) in [5, 5.41) is 8.51. The van der Waals surface area contributed by atoms with E-state index in [0.717, 1.165) is 35.9 Å². The minimum absolute atomic E-state index is 0.155. The summed E-state index contributed by atoms with van der Waals surface area (Å²) in [5.74, 6) is 0.982. The molecule has 1 heterocycles. The lowest BCUT2D eigenvalue weighted by Crippen LogP contribution is -2.24. The molecule has 1 N–H and O–H groups in total. The molecule has 2 aromatic rings. The number of aryl methyl sites for hydroxylation is 2. The van der Waals surface area contributed by atoms with Crippen molar-refractivity contribution in [3.63, 3.8) is 0 Å². The minimum atomic E-state index is 0.155. The highest BCUT2D eigenvalue weighted by atomic mass is 35.5. The minimum Gasteiger partial charge on any atom is -0.310 e. The Balaban J connectivity index is 2.27. The van der Waals surface area contributed by atoms with Crippen LogP contribution in [0.15, 0.2) is 24.5 Å². The van der Waals surface area contributed by atoms with E-state index in [4.69, 9.17) is 11.6 Å². The van der Waals surface area contributed by atoms with Crippen molar-refractivity contribution in [1.29, 1.82) is 0 Å². The van der Waals surface area contributed by atoms with Crippen molar-refractivity contribution in [1.82, 2.24) is 20.1 Å². The zero-order valence-corrected chi connectivity index (χ0v) is 13.0. The molecule has 108 valence electrons. The van der Waals surface area contributed by atoms with Gasteiger partial charge in [-0.05, 0) is 37.6 Å². The van der Waals surface area contributed by atoms with Crippen molar-refractivity contribution < 1.29 is 0 Å². The van der Waals surface area contributed by atoms with Crippen LogP contribution in [0.1, 0.15) is 36.8 Å². The van der Waals surface area contributed by atoms with Crippen molar-refractivity contribution in [2.45, 2.75) is 39.8 Å². The second kappa shape index (κ2) is 6.86. The van der Waals surface area contributed by atoms with Gasteiger partial charge in [0.1, 0.15) is 12.2 Å². The lowest BCUT2D eigenvalue weighted by molar-refractivity contribution is 0.509. The summed E-state index contributed by atoms with van der Waals surface area (Å²) >= 11 is 6.39. The summed E-state index contributed by atoms with van der Waals surface area (Å²) in [7, 11) is 0. The Morgan fingerprint density at radius 3 is 2.80 bits per heavy atom. The van der Waals surface area contributed by atoms with Gasteiger partial charge in [0, 0.05) is 24.0 Å². The monoisotopic (exact) mass is 292 g/mol. The number of hydrogen-bond donors (Lipinski definition) is 1. The quantitative estimate of drug-likeness (QED) is 0.889. The molecular formula is C15H21ClN4. The predicted octanol–water partition coefficient (Wildman–Crippen LogP) is 3.15. The fourth-order valence-electron chi connectivity index (χ4n) is 2.35. The summed E-state index contributed by atoms with van der Waals surface area (Å²) in [5.41, 5.74) is 2.29. The zero-order chi connectivity index (χ0) is 14.5. The molecule has 0 saturated heterocycles. The van der Waals surface area contributed by atoms with E-state index >= 15 is 0 Å². The van der Waals surface area contributed by atoms with Crippen LogP contribution < -0.4 is 5.32 Å². The second-order valence-corrected chi connectivity index (χ2v) is 5.24. The van der Waals surface area contributed by atoms with Crippen LogP contribution >= 0.6 is 11.6 Å². The Morgan fingerprint density at radius 2 is 2.15 bits per heavy atom. The van der Waals surface area contributed by atoms with Gasteiger partial charge in [0.2, 0.25) is 0 Å². The third-order valence-electron chi connectivity index (χ3n) is 3.36. The third-order valence-corrected chi connectivity index (χ3v) is 3.69. The fraction of sp³-hybridized carbons (Fsp3) is 0.467. The summed E-state index contributed by atoms with van der Waals surface area (Å²) in [6.07, 6.45) is 2.39. The lowest BCUT2D eigenvalue weighted by Gasteiger charge is -2.19. The molecule has 1 aromatic carbocycles. The number of benzene rings is 1. The van der Waals surface area contributed by atoms with Gasteiger partial charge in [-0.25, -0.2) is 4.98 Å². The van der Waals surface area contributed by atoms with Crippen LogP contribution in [0, 0.1) is 6.92 Å². The van der Waals surface area contributed by atoms with Crippen molar-refractivity contribution in [2.75, 3.05) is 6.54 Å². The van der Waals surface area contributed by atoms with Gasteiger partial charge in [0.15, 0.2) is 0 Å². The number of nitrogens with one attached hydrogen (secondary N) is 1. The molecule has 0 aliphatic carbocycles. The van der Waals surface area contributed by atoms with Gasteiger partial charge in [-0.1, -0.05) is 30.7 Å². The van der Waals surface area contributed by atoms with E-state index in [9.17, 15) is 0 Å². The molecule has 1 aromatic heterocycles. The maximum atomic E-state index is 6.39. The maximum Gasteiger partial charge on any atom is 0.138 e. The Labute approximate surface area is 125 Å². The first kappa shape index (κ1) is 15.0. The Kier molecular flexibility index (Phi) is 5.15. The first-order chi connectivity index (χ1) is 9.65. The van der Waals surface area contributed by atoms with Gasteiger partial charge in [-0.3, -0.25) is 4.68 Å². The van der Waals surface area contributed by atoms with E-state index in [1.54, 1.807) is 6.33 Å². The Hall–Kier alpha value is -1.39. The topological polar surface area (TPSA) is 42.7 Å². The van der Waals surface area contributed by atoms with Gasteiger partial charge >= 0.3 is 0 Å². The van der Waals surface area contributed by atoms with Crippen molar-refractivity contribution >= 4 is 11.6 Å². The molecule has 20 heavy (non-hydrogen) atoms. The molecule has 0 amide bonds. The van der Waals surface area contributed by atoms with Gasteiger partial charge < -0.3 is 5.32 Å². The van der Waals surface area contributed by atoms with E-state index in [0.29, 0.717) is 0 Å². The smallest absolute Gasteiger partial charge is 0.138 e. The van der Waals surface area contributed by atoms with Gasteiger partial charge in [-0.2, -0.15) is 5.10 Å². The zero-order valence-electron chi connectivity index (χ0n) is 12.2. The van der Waals surface area contributed by atoms with Crippen LogP contribution in [0.2, 0.25) is 5.02 Å². The average molecular weight is 293 g/mol. The molecule has 0 aliphatic rings. The SMILES string of the molecule is CCNC(Cc1ncnn1CC)c1ccc(C)cc1Cl. The maximum absolute atomic E-state index is 6.39. The summed E-state index contributed by atoms with van der Waals surface area (Å²) in [6.45, 7) is 7.93. The van der Waals surface area contributed by atoms with E-state index in [2.05, 4.69) is 41.4 Å². The van der Waals surface area contributed by atoms with Crippen LogP contribution in [-0.4, -0.2) is 21.3 Å². The number of aromatic nitrogens is 3. The molecular weight excluding hydrogens is 272 g/mol. The van der Waals surface area contributed by atoms with Crippen LogP contribution in [0.25, 0.3) is 0 Å². The highest BCUT2D eigenvalue weighted by Gasteiger charge is 2.17. The van der Waals surface area contributed by atoms with E-state index in [1.165, 1.54) is 5.56 Å². The van der Waals surface area contributed by atoms with Crippen molar-refractivity contribution in [3.8, 4) is 0 Å². The lowest BCUT2D eigenvalue weighted by atomic mass is 10.0. The largest absolute Gasteiger partial charge is 0.310 e. The molecule has 0 bridgehead atoms. The first-order valence-corrected chi connectivity index (χ1v) is 7.39. The molecule has 0 radical (unpaired) electrons. The number of halogens is 1. The summed E-state index contributed by atoms with van der Waals surface area (Å²) < 4.78 is 1.92. The molecule has 0 fully saturated rings. The third kappa shape index (κ3) is 3.38. The molecule has 5 heteroatoms. The van der Waals surface area contributed by atoms with Crippen LogP contribution in [0.4, 0.5) is 0 Å². The number of rotatable bonds is 6. The van der Waals surface area contributed by atoms with E-state index in [-0.39, 0.29) is 6.04 Å². The number of likely N-dealkylation sites (N-methyl/N-ethyl adjacent to an activating group) is 1. The van der Waals surface area contributed by atoms with Gasteiger partial charge in [-0.15, -0.1) is 0 Å². The van der Waals surface area contributed by atoms with Crippen molar-refractivity contribution in [3.05, 3.63) is 46.5 Å². The van der Waals surface area contributed by atoms with Gasteiger partial charge in [0.25, 0.3) is 0 Å². The Bertz CT molecular complexity index is 565. The molecule has 1 atom stereocenters. The molecule has 0 saturated carbocycles.